The molecule has 0 bridgehead atoms. The lowest BCUT2D eigenvalue weighted by Crippen LogP contribution is -1.99. The zero-order chi connectivity index (χ0) is 7.40. The maximum atomic E-state index is 4.04. The summed E-state index contributed by atoms with van der Waals surface area (Å²) in [4.78, 5) is 0. The average molecular weight is 137 g/mol. The van der Waals surface area contributed by atoms with Gasteiger partial charge in [-0.2, -0.15) is 0 Å². The van der Waals surface area contributed by atoms with Crippen LogP contribution in [0, 0.1) is 18.8 Å². The van der Waals surface area contributed by atoms with E-state index in [1.165, 1.54) is 25.7 Å². The quantitative estimate of drug-likeness (QED) is 0.450. The second-order valence-corrected chi connectivity index (χ2v) is 3.46. The van der Waals surface area contributed by atoms with E-state index < -0.39 is 0 Å². The van der Waals surface area contributed by atoms with Crippen LogP contribution >= 0.6 is 0 Å². The molecule has 1 rings (SSSR count). The van der Waals surface area contributed by atoms with Crippen LogP contribution < -0.4 is 0 Å². The zero-order valence-corrected chi connectivity index (χ0v) is 6.84. The Bertz CT molecular complexity index is 113. The summed E-state index contributed by atoms with van der Waals surface area (Å²) in [5, 5.41) is 0. The Balaban J connectivity index is 2.38. The third-order valence-corrected chi connectivity index (χ3v) is 2.22. The normalized spacial score (nSPS) is 38.2. The average Bonchev–Trinajstić information content (AvgIpc) is 1.84. The predicted octanol–water partition coefficient (Wildman–Crippen LogP) is 3.20. The molecule has 0 saturated carbocycles. The largest absolute Gasteiger partial charge is 0.0880 e. The molecule has 0 aliphatic heterocycles. The molecule has 0 spiro atoms. The molecule has 2 unspecified atom stereocenters. The molecular formula is C10H17. The van der Waals surface area contributed by atoms with Crippen molar-refractivity contribution < 1.29 is 0 Å². The first-order valence-corrected chi connectivity index (χ1v) is 4.29. The van der Waals surface area contributed by atoms with E-state index in [9.17, 15) is 0 Å². The Labute approximate surface area is 64.3 Å². The molecule has 10 heavy (non-hydrogen) atoms. The SMILES string of the molecule is [CH2]C1/C=C\CC(C)CCC1. The molecule has 1 radical (unpaired) electrons. The van der Waals surface area contributed by atoms with Gasteiger partial charge in [-0.1, -0.05) is 31.9 Å². The molecule has 0 amide bonds. The van der Waals surface area contributed by atoms with Gasteiger partial charge < -0.3 is 0 Å². The second-order valence-electron chi connectivity index (χ2n) is 3.46. The van der Waals surface area contributed by atoms with Crippen molar-refractivity contribution in [2.45, 2.75) is 32.6 Å². The van der Waals surface area contributed by atoms with Crippen molar-refractivity contribution in [1.82, 2.24) is 0 Å². The highest BCUT2D eigenvalue weighted by atomic mass is 14.1. The third-order valence-electron chi connectivity index (χ3n) is 2.22. The van der Waals surface area contributed by atoms with Crippen LogP contribution in [0.1, 0.15) is 32.6 Å². The van der Waals surface area contributed by atoms with Gasteiger partial charge in [-0.25, -0.2) is 0 Å². The summed E-state index contributed by atoms with van der Waals surface area (Å²) < 4.78 is 0. The molecule has 2 atom stereocenters. The van der Waals surface area contributed by atoms with Gasteiger partial charge in [-0.3, -0.25) is 0 Å². The molecule has 1 aliphatic rings. The summed E-state index contributed by atoms with van der Waals surface area (Å²) in [5.41, 5.74) is 0. The van der Waals surface area contributed by atoms with E-state index in [2.05, 4.69) is 26.0 Å². The van der Waals surface area contributed by atoms with Gasteiger partial charge in [0.15, 0.2) is 0 Å². The van der Waals surface area contributed by atoms with Crippen LogP contribution in [0.15, 0.2) is 12.2 Å². The molecular weight excluding hydrogens is 120 g/mol. The van der Waals surface area contributed by atoms with Gasteiger partial charge in [-0.15, -0.1) is 0 Å². The van der Waals surface area contributed by atoms with E-state index in [1.807, 2.05) is 0 Å². The summed E-state index contributed by atoms with van der Waals surface area (Å²) >= 11 is 0. The van der Waals surface area contributed by atoms with Crippen LogP contribution in [0.4, 0.5) is 0 Å². The Morgan fingerprint density at radius 1 is 1.40 bits per heavy atom. The summed E-state index contributed by atoms with van der Waals surface area (Å²) in [7, 11) is 0. The maximum Gasteiger partial charge on any atom is -0.0233 e. The lowest BCUT2D eigenvalue weighted by Gasteiger charge is -2.14. The van der Waals surface area contributed by atoms with Crippen LogP contribution in [-0.2, 0) is 0 Å². The Hall–Kier alpha value is -0.260. The molecule has 0 aromatic carbocycles. The van der Waals surface area contributed by atoms with Gasteiger partial charge >= 0.3 is 0 Å². The van der Waals surface area contributed by atoms with Crippen molar-refractivity contribution in [2.75, 3.05) is 0 Å². The number of allylic oxidation sites excluding steroid dienone is 2. The van der Waals surface area contributed by atoms with E-state index in [4.69, 9.17) is 0 Å². The topological polar surface area (TPSA) is 0 Å². The van der Waals surface area contributed by atoms with Crippen molar-refractivity contribution >= 4 is 0 Å². The van der Waals surface area contributed by atoms with Gasteiger partial charge in [-0.05, 0) is 31.6 Å². The monoisotopic (exact) mass is 137 g/mol. The smallest absolute Gasteiger partial charge is 0.0233 e. The fourth-order valence-corrected chi connectivity index (χ4v) is 1.45. The van der Waals surface area contributed by atoms with Crippen molar-refractivity contribution in [2.24, 2.45) is 11.8 Å². The maximum absolute atomic E-state index is 4.04. The Kier molecular flexibility index (Phi) is 2.98. The van der Waals surface area contributed by atoms with Crippen molar-refractivity contribution in [1.29, 1.82) is 0 Å². The zero-order valence-electron chi connectivity index (χ0n) is 6.84. The van der Waals surface area contributed by atoms with Crippen LogP contribution in [-0.4, -0.2) is 0 Å². The minimum Gasteiger partial charge on any atom is -0.0880 e. The highest BCUT2D eigenvalue weighted by Gasteiger charge is 2.05. The van der Waals surface area contributed by atoms with Gasteiger partial charge in [0.05, 0.1) is 0 Å². The van der Waals surface area contributed by atoms with E-state index in [0.717, 1.165) is 5.92 Å². The van der Waals surface area contributed by atoms with E-state index in [1.54, 1.807) is 0 Å². The van der Waals surface area contributed by atoms with Crippen LogP contribution in [0.5, 0.6) is 0 Å². The highest BCUT2D eigenvalue weighted by Crippen LogP contribution is 2.19. The van der Waals surface area contributed by atoms with Crippen LogP contribution in [0.3, 0.4) is 0 Å². The molecule has 0 heteroatoms. The van der Waals surface area contributed by atoms with E-state index in [0.29, 0.717) is 5.92 Å². The first kappa shape index (κ1) is 7.84. The van der Waals surface area contributed by atoms with Gasteiger partial charge in [0, 0.05) is 0 Å². The lowest BCUT2D eigenvalue weighted by atomic mass is 9.92. The second kappa shape index (κ2) is 3.80. The Morgan fingerprint density at radius 3 is 3.00 bits per heavy atom. The molecule has 0 aromatic heterocycles. The predicted molar refractivity (Wildman–Crippen MR) is 45.6 cm³/mol. The number of rotatable bonds is 0. The molecule has 0 fully saturated rings. The number of hydrogen-bond acceptors (Lipinski definition) is 0. The third kappa shape index (κ3) is 2.55. The summed E-state index contributed by atoms with van der Waals surface area (Å²) in [5.74, 6) is 1.47. The molecule has 0 saturated heterocycles. The molecule has 1 aliphatic carbocycles. The summed E-state index contributed by atoms with van der Waals surface area (Å²) in [6.45, 7) is 6.36. The summed E-state index contributed by atoms with van der Waals surface area (Å²) in [6, 6.07) is 0. The first-order valence-electron chi connectivity index (χ1n) is 4.29. The lowest BCUT2D eigenvalue weighted by molar-refractivity contribution is 0.473. The van der Waals surface area contributed by atoms with Crippen molar-refractivity contribution in [3.05, 3.63) is 19.1 Å². The summed E-state index contributed by atoms with van der Waals surface area (Å²) in [6.07, 6.45) is 9.83. The van der Waals surface area contributed by atoms with Gasteiger partial charge in [0.1, 0.15) is 0 Å². The van der Waals surface area contributed by atoms with E-state index >= 15 is 0 Å². The van der Waals surface area contributed by atoms with Crippen molar-refractivity contribution in [3.8, 4) is 0 Å². The minimum atomic E-state index is 0.576. The standard InChI is InChI=1S/C10H17/c1-9-5-3-7-10(2)8-4-6-9/h3,5,9-10H,1,4,6-8H2,2H3/b5-3-. The molecule has 0 nitrogen and oxygen atoms in total. The van der Waals surface area contributed by atoms with E-state index in [-0.39, 0.29) is 0 Å². The molecule has 0 heterocycles. The van der Waals surface area contributed by atoms with Gasteiger partial charge in [0.25, 0.3) is 0 Å². The first-order chi connectivity index (χ1) is 4.79. The molecule has 57 valence electrons. The fraction of sp³-hybridized carbons (Fsp3) is 0.700. The molecule has 0 aromatic rings. The molecule has 0 N–H and O–H groups in total. The Morgan fingerprint density at radius 2 is 2.20 bits per heavy atom. The van der Waals surface area contributed by atoms with Crippen LogP contribution in [0.2, 0.25) is 0 Å². The van der Waals surface area contributed by atoms with Crippen molar-refractivity contribution in [3.63, 3.8) is 0 Å². The highest BCUT2D eigenvalue weighted by molar-refractivity contribution is 4.92. The number of hydrogen-bond donors (Lipinski definition) is 0. The minimum absolute atomic E-state index is 0.576. The van der Waals surface area contributed by atoms with Gasteiger partial charge in [0.2, 0.25) is 0 Å². The van der Waals surface area contributed by atoms with Crippen LogP contribution in [0.25, 0.3) is 0 Å². The fourth-order valence-electron chi connectivity index (χ4n) is 1.45.